The minimum atomic E-state index is -3.62. The second-order valence-electron chi connectivity index (χ2n) is 8.01. The molecule has 0 spiro atoms. The number of carbonyl (C=O) groups is 2. The van der Waals surface area contributed by atoms with E-state index in [0.717, 1.165) is 41.5 Å². The highest BCUT2D eigenvalue weighted by atomic mass is 32.2. The number of sulfonamides is 1. The molecule has 2 amide bonds. The van der Waals surface area contributed by atoms with Gasteiger partial charge < -0.3 is 10.1 Å². The van der Waals surface area contributed by atoms with Crippen LogP contribution in [-0.2, 0) is 14.8 Å². The molecule has 32 heavy (non-hydrogen) atoms. The maximum atomic E-state index is 12.8. The average Bonchev–Trinajstić information content (AvgIpc) is 3.42. The zero-order valence-corrected chi connectivity index (χ0v) is 18.8. The summed E-state index contributed by atoms with van der Waals surface area (Å²) in [6.45, 7) is 2.42. The Bertz CT molecular complexity index is 1080. The number of ether oxygens (including phenoxy) is 1. The van der Waals surface area contributed by atoms with Gasteiger partial charge in [-0.1, -0.05) is 12.1 Å². The highest BCUT2D eigenvalue weighted by Gasteiger charge is 2.36. The Morgan fingerprint density at radius 3 is 2.28 bits per heavy atom. The number of amides is 2. The number of methoxy groups -OCH3 is 1. The number of likely N-dealkylation sites (tertiary alicyclic amines) is 1. The van der Waals surface area contributed by atoms with Crippen LogP contribution in [0.3, 0.4) is 0 Å². The molecule has 2 heterocycles. The van der Waals surface area contributed by atoms with E-state index in [1.807, 2.05) is 24.3 Å². The zero-order chi connectivity index (χ0) is 22.7. The molecule has 1 unspecified atom stereocenters. The van der Waals surface area contributed by atoms with Gasteiger partial charge in [-0.25, -0.2) is 12.7 Å². The highest BCUT2D eigenvalue weighted by Crippen LogP contribution is 2.27. The summed E-state index contributed by atoms with van der Waals surface area (Å²) >= 11 is 0. The summed E-state index contributed by atoms with van der Waals surface area (Å²) < 4.78 is 30.2. The van der Waals surface area contributed by atoms with Crippen molar-refractivity contribution in [2.45, 2.75) is 25.3 Å². The fourth-order valence-corrected chi connectivity index (χ4v) is 5.71. The van der Waals surface area contributed by atoms with Crippen LogP contribution >= 0.6 is 0 Å². The first kappa shape index (κ1) is 22.3. The number of nitrogens with one attached hydrogen (secondary N) is 1. The van der Waals surface area contributed by atoms with E-state index in [0.29, 0.717) is 12.1 Å². The van der Waals surface area contributed by atoms with Gasteiger partial charge in [0.1, 0.15) is 5.75 Å². The normalized spacial score (nSPS) is 19.2. The smallest absolute Gasteiger partial charge is 0.251 e. The van der Waals surface area contributed by atoms with Gasteiger partial charge in [-0.15, -0.1) is 0 Å². The van der Waals surface area contributed by atoms with Crippen molar-refractivity contribution in [2.75, 3.05) is 36.8 Å². The summed E-state index contributed by atoms with van der Waals surface area (Å²) in [5, 5.41) is 3.01. The maximum absolute atomic E-state index is 12.8. The molecule has 0 aliphatic carbocycles. The Morgan fingerprint density at radius 1 is 1.06 bits per heavy atom. The monoisotopic (exact) mass is 457 g/mol. The first-order valence-corrected chi connectivity index (χ1v) is 12.3. The van der Waals surface area contributed by atoms with Crippen molar-refractivity contribution in [3.63, 3.8) is 0 Å². The Morgan fingerprint density at radius 2 is 1.72 bits per heavy atom. The van der Waals surface area contributed by atoms with Crippen LogP contribution in [0.2, 0.25) is 0 Å². The Hall–Kier alpha value is -2.91. The molecule has 2 saturated heterocycles. The van der Waals surface area contributed by atoms with Crippen LogP contribution in [0.15, 0.2) is 48.5 Å². The van der Waals surface area contributed by atoms with Crippen LogP contribution in [0.5, 0.6) is 5.75 Å². The first-order chi connectivity index (χ1) is 15.4. The third-order valence-corrected chi connectivity index (χ3v) is 7.67. The highest BCUT2D eigenvalue weighted by molar-refractivity contribution is 7.94. The molecule has 2 aromatic rings. The summed E-state index contributed by atoms with van der Waals surface area (Å²) in [5.41, 5.74) is 1.78. The van der Waals surface area contributed by atoms with Gasteiger partial charge in [0.05, 0.1) is 24.6 Å². The number of nitrogens with zero attached hydrogens (tertiary/aromatic N) is 2. The molecule has 0 bridgehead atoms. The number of benzene rings is 2. The zero-order valence-electron chi connectivity index (χ0n) is 18.0. The Labute approximate surface area is 188 Å². The van der Waals surface area contributed by atoms with Gasteiger partial charge in [0.2, 0.25) is 15.9 Å². The van der Waals surface area contributed by atoms with E-state index in [4.69, 9.17) is 4.74 Å². The minimum absolute atomic E-state index is 0.0200. The predicted octanol–water partition coefficient (Wildman–Crippen LogP) is 2.33. The lowest BCUT2D eigenvalue weighted by atomic mass is 10.0. The Kier molecular flexibility index (Phi) is 6.48. The van der Waals surface area contributed by atoms with Crippen LogP contribution in [0.25, 0.3) is 0 Å². The topological polar surface area (TPSA) is 96.0 Å². The summed E-state index contributed by atoms with van der Waals surface area (Å²) in [5.74, 6) is -0.0892. The summed E-state index contributed by atoms with van der Waals surface area (Å²) in [7, 11) is -1.99. The van der Waals surface area contributed by atoms with Gasteiger partial charge in [0, 0.05) is 18.5 Å². The molecule has 170 valence electrons. The SMILES string of the molecule is COc1ccc(C(CNC(=O)c2ccc(N3C(=O)CCS3(=O)=O)cc2)N2CCCC2)cc1. The molecule has 0 aromatic heterocycles. The standard InChI is InChI=1S/C23H27N3O5S/c1-31-20-10-6-17(7-11-20)21(25-13-2-3-14-25)16-24-23(28)18-4-8-19(9-5-18)26-22(27)12-15-32(26,29)30/h4-11,21H,2-3,12-16H2,1H3,(H,24,28). The van der Waals surface area contributed by atoms with Crippen molar-refractivity contribution < 1.29 is 22.7 Å². The molecule has 2 aliphatic rings. The van der Waals surface area contributed by atoms with Crippen LogP contribution in [0.1, 0.15) is 41.2 Å². The molecule has 1 N–H and O–H groups in total. The average molecular weight is 458 g/mol. The van der Waals surface area contributed by atoms with E-state index in [2.05, 4.69) is 10.2 Å². The molecule has 2 fully saturated rings. The van der Waals surface area contributed by atoms with Crippen LogP contribution in [0.4, 0.5) is 5.69 Å². The number of hydrogen-bond acceptors (Lipinski definition) is 6. The van der Waals surface area contributed by atoms with E-state index in [1.54, 1.807) is 19.2 Å². The molecule has 0 saturated carbocycles. The summed E-state index contributed by atoms with van der Waals surface area (Å²) in [6, 6.07) is 14.0. The van der Waals surface area contributed by atoms with E-state index in [-0.39, 0.29) is 29.8 Å². The van der Waals surface area contributed by atoms with Gasteiger partial charge in [-0.2, -0.15) is 0 Å². The fraction of sp³-hybridized carbons (Fsp3) is 0.391. The van der Waals surface area contributed by atoms with E-state index in [1.165, 1.54) is 12.1 Å². The molecule has 9 heteroatoms. The molecule has 0 radical (unpaired) electrons. The molecular weight excluding hydrogens is 430 g/mol. The number of rotatable bonds is 7. The maximum Gasteiger partial charge on any atom is 0.251 e. The third kappa shape index (κ3) is 4.63. The largest absolute Gasteiger partial charge is 0.497 e. The van der Waals surface area contributed by atoms with Crippen molar-refractivity contribution in [3.8, 4) is 5.75 Å². The molecule has 1 atom stereocenters. The summed E-state index contributed by atoms with van der Waals surface area (Å²) in [4.78, 5) is 27.1. The lowest BCUT2D eigenvalue weighted by Gasteiger charge is -2.28. The van der Waals surface area contributed by atoms with Crippen LogP contribution < -0.4 is 14.4 Å². The summed E-state index contributed by atoms with van der Waals surface area (Å²) in [6.07, 6.45) is 2.26. The van der Waals surface area contributed by atoms with E-state index < -0.39 is 15.9 Å². The van der Waals surface area contributed by atoms with Gasteiger partial charge in [0.25, 0.3) is 5.91 Å². The molecule has 8 nitrogen and oxygen atoms in total. The van der Waals surface area contributed by atoms with Gasteiger partial charge >= 0.3 is 0 Å². The number of hydrogen-bond donors (Lipinski definition) is 1. The van der Waals surface area contributed by atoms with E-state index >= 15 is 0 Å². The lowest BCUT2D eigenvalue weighted by Crippen LogP contribution is -2.36. The number of anilines is 1. The van der Waals surface area contributed by atoms with Gasteiger partial charge in [-0.3, -0.25) is 14.5 Å². The molecule has 2 aliphatic heterocycles. The lowest BCUT2D eigenvalue weighted by molar-refractivity contribution is -0.116. The fourth-order valence-electron chi connectivity index (χ4n) is 4.25. The van der Waals surface area contributed by atoms with Crippen molar-refractivity contribution in [1.29, 1.82) is 0 Å². The Balaban J connectivity index is 1.45. The molecular formula is C23H27N3O5S. The van der Waals surface area contributed by atoms with Crippen LogP contribution in [-0.4, -0.2) is 57.6 Å². The second-order valence-corrected chi connectivity index (χ2v) is 9.95. The first-order valence-electron chi connectivity index (χ1n) is 10.7. The number of carbonyl (C=O) groups excluding carboxylic acids is 2. The van der Waals surface area contributed by atoms with Crippen molar-refractivity contribution in [2.24, 2.45) is 0 Å². The second kappa shape index (κ2) is 9.30. The molecule has 4 rings (SSSR count). The van der Waals surface area contributed by atoms with E-state index in [9.17, 15) is 18.0 Å². The van der Waals surface area contributed by atoms with Crippen LogP contribution in [0, 0.1) is 0 Å². The van der Waals surface area contributed by atoms with Crippen molar-refractivity contribution in [1.82, 2.24) is 10.2 Å². The van der Waals surface area contributed by atoms with Gasteiger partial charge in [0.15, 0.2) is 0 Å². The van der Waals surface area contributed by atoms with Gasteiger partial charge in [-0.05, 0) is 67.9 Å². The van der Waals surface area contributed by atoms with Crippen molar-refractivity contribution >= 4 is 27.5 Å². The predicted molar refractivity (Wildman–Crippen MR) is 121 cm³/mol. The quantitative estimate of drug-likeness (QED) is 0.686. The van der Waals surface area contributed by atoms with Crippen molar-refractivity contribution in [3.05, 3.63) is 59.7 Å². The minimum Gasteiger partial charge on any atom is -0.497 e. The molecule has 2 aromatic carbocycles. The third-order valence-electron chi connectivity index (χ3n) is 5.98.